The van der Waals surface area contributed by atoms with Crippen molar-refractivity contribution in [3.8, 4) is 0 Å². The van der Waals surface area contributed by atoms with Crippen LogP contribution in [0.15, 0.2) is 0 Å². The van der Waals surface area contributed by atoms with Crippen molar-refractivity contribution in [1.82, 2.24) is 0 Å². The number of unbranched alkanes of at least 4 members (excludes halogenated alkanes) is 6. The van der Waals surface area contributed by atoms with E-state index in [0.29, 0.717) is 6.42 Å². The molecule has 0 radical (unpaired) electrons. The average Bonchev–Trinajstić information content (AvgIpc) is 2.39. The summed E-state index contributed by atoms with van der Waals surface area (Å²) in [7, 11) is 1.44. The molecule has 0 bridgehead atoms. The van der Waals surface area contributed by atoms with E-state index < -0.39 is 5.60 Å². The molecule has 114 valence electrons. The lowest BCUT2D eigenvalue weighted by molar-refractivity contribution is -0.140. The molecule has 0 aliphatic carbocycles. The van der Waals surface area contributed by atoms with Gasteiger partial charge >= 0.3 is 5.97 Å². The molecule has 0 aromatic carbocycles. The number of ether oxygens (including phenoxy) is 1. The van der Waals surface area contributed by atoms with E-state index in [-0.39, 0.29) is 5.97 Å². The summed E-state index contributed by atoms with van der Waals surface area (Å²) in [6.45, 7) is 4.11. The molecule has 0 rings (SSSR count). The van der Waals surface area contributed by atoms with Gasteiger partial charge in [0, 0.05) is 6.42 Å². The van der Waals surface area contributed by atoms with Crippen LogP contribution < -0.4 is 0 Å². The zero-order valence-corrected chi connectivity index (χ0v) is 13.0. The molecule has 0 spiro atoms. The predicted octanol–water partition coefficient (Wildman–Crippen LogP) is 4.22. The van der Waals surface area contributed by atoms with Gasteiger partial charge in [-0.3, -0.25) is 4.79 Å². The van der Waals surface area contributed by atoms with Gasteiger partial charge in [-0.15, -0.1) is 0 Å². The molecule has 0 aromatic rings. The molecule has 3 heteroatoms. The van der Waals surface area contributed by atoms with E-state index in [4.69, 9.17) is 0 Å². The topological polar surface area (TPSA) is 46.5 Å². The fraction of sp³-hybridized carbons (Fsp3) is 0.938. The summed E-state index contributed by atoms with van der Waals surface area (Å²) < 4.78 is 4.60. The lowest BCUT2D eigenvalue weighted by Gasteiger charge is -2.22. The third kappa shape index (κ3) is 12.2. The molecule has 3 nitrogen and oxygen atoms in total. The summed E-state index contributed by atoms with van der Waals surface area (Å²) in [6, 6.07) is 0. The minimum absolute atomic E-state index is 0.105. The molecule has 0 heterocycles. The molecule has 0 fully saturated rings. The average molecular weight is 272 g/mol. The van der Waals surface area contributed by atoms with Crippen molar-refractivity contribution >= 4 is 5.97 Å². The van der Waals surface area contributed by atoms with E-state index in [1.165, 1.54) is 26.4 Å². The minimum Gasteiger partial charge on any atom is -0.469 e. The van der Waals surface area contributed by atoms with Crippen molar-refractivity contribution in [2.45, 2.75) is 90.1 Å². The van der Waals surface area contributed by atoms with E-state index in [9.17, 15) is 9.90 Å². The van der Waals surface area contributed by atoms with Crippen molar-refractivity contribution in [2.75, 3.05) is 7.11 Å². The van der Waals surface area contributed by atoms with E-state index in [2.05, 4.69) is 11.7 Å². The first-order valence-corrected chi connectivity index (χ1v) is 7.81. The standard InChI is InChI=1S/C16H32O3/c1-4-5-13-16(2,18)14-11-9-7-6-8-10-12-15(17)19-3/h18H,4-14H2,1-3H3. The Labute approximate surface area is 118 Å². The van der Waals surface area contributed by atoms with Crippen molar-refractivity contribution in [3.05, 3.63) is 0 Å². The zero-order chi connectivity index (χ0) is 14.6. The third-order valence-corrected chi connectivity index (χ3v) is 3.64. The molecule has 1 atom stereocenters. The fourth-order valence-corrected chi connectivity index (χ4v) is 2.27. The second-order valence-electron chi connectivity index (χ2n) is 5.80. The first-order chi connectivity index (χ1) is 9.02. The maximum atomic E-state index is 10.9. The second kappa shape index (κ2) is 11.3. The highest BCUT2D eigenvalue weighted by Crippen LogP contribution is 2.21. The van der Waals surface area contributed by atoms with Crippen LogP contribution in [0.3, 0.4) is 0 Å². The Morgan fingerprint density at radius 1 is 1.00 bits per heavy atom. The first kappa shape index (κ1) is 18.4. The van der Waals surface area contributed by atoms with Crippen LogP contribution in [0.25, 0.3) is 0 Å². The number of hydrogen-bond donors (Lipinski definition) is 1. The van der Waals surface area contributed by atoms with Crippen LogP contribution in [0.1, 0.15) is 84.5 Å². The minimum atomic E-state index is -0.471. The summed E-state index contributed by atoms with van der Waals surface area (Å²) in [6.07, 6.45) is 11.3. The number of rotatable bonds is 12. The first-order valence-electron chi connectivity index (χ1n) is 7.81. The number of aliphatic hydroxyl groups is 1. The Bertz CT molecular complexity index is 224. The van der Waals surface area contributed by atoms with Crippen LogP contribution >= 0.6 is 0 Å². The molecule has 0 aliphatic rings. The van der Waals surface area contributed by atoms with Crippen LogP contribution in [0.4, 0.5) is 0 Å². The lowest BCUT2D eigenvalue weighted by atomic mass is 9.92. The van der Waals surface area contributed by atoms with Crippen LogP contribution in [-0.4, -0.2) is 23.8 Å². The lowest BCUT2D eigenvalue weighted by Crippen LogP contribution is -2.23. The van der Waals surface area contributed by atoms with E-state index in [0.717, 1.165) is 44.9 Å². The van der Waals surface area contributed by atoms with E-state index >= 15 is 0 Å². The van der Waals surface area contributed by atoms with Gasteiger partial charge in [-0.25, -0.2) is 0 Å². The van der Waals surface area contributed by atoms with Gasteiger partial charge in [-0.1, -0.05) is 51.9 Å². The normalized spacial score (nSPS) is 14.1. The van der Waals surface area contributed by atoms with Crippen LogP contribution in [0, 0.1) is 0 Å². The zero-order valence-electron chi connectivity index (χ0n) is 13.0. The molecule has 0 saturated carbocycles. The SMILES string of the molecule is CCCCC(C)(O)CCCCCCCCC(=O)OC. The van der Waals surface area contributed by atoms with Gasteiger partial charge < -0.3 is 9.84 Å². The van der Waals surface area contributed by atoms with Crippen molar-refractivity contribution in [2.24, 2.45) is 0 Å². The summed E-state index contributed by atoms with van der Waals surface area (Å²) in [5.74, 6) is -0.105. The summed E-state index contributed by atoms with van der Waals surface area (Å²) in [5, 5.41) is 10.1. The Morgan fingerprint density at radius 3 is 2.11 bits per heavy atom. The summed E-state index contributed by atoms with van der Waals surface area (Å²) in [5.41, 5.74) is -0.471. The Balaban J connectivity index is 3.33. The van der Waals surface area contributed by atoms with Gasteiger partial charge in [0.05, 0.1) is 12.7 Å². The third-order valence-electron chi connectivity index (χ3n) is 3.64. The number of methoxy groups -OCH3 is 1. The number of carbonyl (C=O) groups excluding carboxylic acids is 1. The van der Waals surface area contributed by atoms with Crippen LogP contribution in [-0.2, 0) is 9.53 Å². The summed E-state index contributed by atoms with van der Waals surface area (Å²) in [4.78, 5) is 10.9. The maximum absolute atomic E-state index is 10.9. The Kier molecular flexibility index (Phi) is 10.9. The van der Waals surface area contributed by atoms with Gasteiger partial charge in [-0.05, 0) is 26.2 Å². The molecular weight excluding hydrogens is 240 g/mol. The molecule has 0 aromatic heterocycles. The van der Waals surface area contributed by atoms with Gasteiger partial charge in [-0.2, -0.15) is 0 Å². The van der Waals surface area contributed by atoms with E-state index in [1.807, 2.05) is 6.92 Å². The van der Waals surface area contributed by atoms with Crippen LogP contribution in [0.2, 0.25) is 0 Å². The predicted molar refractivity (Wildman–Crippen MR) is 79.1 cm³/mol. The number of carbonyl (C=O) groups is 1. The second-order valence-corrected chi connectivity index (χ2v) is 5.80. The van der Waals surface area contributed by atoms with Crippen molar-refractivity contribution < 1.29 is 14.6 Å². The molecule has 1 N–H and O–H groups in total. The highest BCUT2D eigenvalue weighted by atomic mass is 16.5. The van der Waals surface area contributed by atoms with Gasteiger partial charge in [0.2, 0.25) is 0 Å². The van der Waals surface area contributed by atoms with E-state index in [1.54, 1.807) is 0 Å². The Hall–Kier alpha value is -0.570. The molecule has 19 heavy (non-hydrogen) atoms. The molecular formula is C16H32O3. The van der Waals surface area contributed by atoms with Gasteiger partial charge in [0.1, 0.15) is 0 Å². The molecule has 0 amide bonds. The molecule has 0 saturated heterocycles. The van der Waals surface area contributed by atoms with Crippen molar-refractivity contribution in [3.63, 3.8) is 0 Å². The quantitative estimate of drug-likeness (QED) is 0.427. The van der Waals surface area contributed by atoms with Gasteiger partial charge in [0.15, 0.2) is 0 Å². The highest BCUT2D eigenvalue weighted by Gasteiger charge is 2.18. The number of esters is 1. The number of hydrogen-bond acceptors (Lipinski definition) is 3. The maximum Gasteiger partial charge on any atom is 0.305 e. The Morgan fingerprint density at radius 2 is 1.53 bits per heavy atom. The largest absolute Gasteiger partial charge is 0.469 e. The smallest absolute Gasteiger partial charge is 0.305 e. The van der Waals surface area contributed by atoms with Gasteiger partial charge in [0.25, 0.3) is 0 Å². The fourth-order valence-electron chi connectivity index (χ4n) is 2.27. The monoisotopic (exact) mass is 272 g/mol. The van der Waals surface area contributed by atoms with Crippen LogP contribution in [0.5, 0.6) is 0 Å². The molecule has 0 aliphatic heterocycles. The summed E-state index contributed by atoms with van der Waals surface area (Å²) >= 11 is 0. The van der Waals surface area contributed by atoms with Crippen molar-refractivity contribution in [1.29, 1.82) is 0 Å². The molecule has 1 unspecified atom stereocenters. The highest BCUT2D eigenvalue weighted by molar-refractivity contribution is 5.68.